The summed E-state index contributed by atoms with van der Waals surface area (Å²) in [6.45, 7) is 18.0. The number of hydrogen-bond donors (Lipinski definition) is 2. The first kappa shape index (κ1) is 28.7. The number of H-pyrrole nitrogens is 1. The number of aromatic nitrogens is 3. The number of rotatable bonds is 4. The molecular weight excluding hydrogens is 396 g/mol. The second kappa shape index (κ2) is 17.4. The Labute approximate surface area is 194 Å². The van der Waals surface area contributed by atoms with Gasteiger partial charge in [-0.3, -0.25) is 0 Å². The highest BCUT2D eigenvalue weighted by molar-refractivity contribution is 5.78. The molecule has 0 saturated heterocycles. The highest BCUT2D eigenvalue weighted by atomic mass is 16.5. The van der Waals surface area contributed by atoms with Gasteiger partial charge in [0.2, 0.25) is 11.8 Å². The number of pyridine rings is 1. The zero-order valence-corrected chi connectivity index (χ0v) is 21.2. The Morgan fingerprint density at radius 1 is 0.750 bits per heavy atom. The predicted molar refractivity (Wildman–Crippen MR) is 140 cm³/mol. The van der Waals surface area contributed by atoms with E-state index in [1.807, 2.05) is 123 Å². The van der Waals surface area contributed by atoms with Crippen LogP contribution in [0.3, 0.4) is 0 Å². The number of nitrogens with one attached hydrogen (secondary N) is 2. The first-order valence-electron chi connectivity index (χ1n) is 11.7. The standard InChI is InChI=1S/C19H16N4O.4C2H6/c1-13-5-4-12-20-18(13)24-15-10-8-14(9-11-15)21-19-22-16-6-2-3-7-17(16)23-19;4*1-2/h2-12H,1H3,(H2,21,22,23);4*1-2H3. The van der Waals surface area contributed by atoms with Gasteiger partial charge in [-0.2, -0.15) is 0 Å². The molecule has 0 radical (unpaired) electrons. The molecule has 0 aliphatic rings. The third-order valence-electron chi connectivity index (χ3n) is 3.68. The summed E-state index contributed by atoms with van der Waals surface area (Å²) in [5.74, 6) is 2.08. The molecule has 4 aromatic rings. The summed E-state index contributed by atoms with van der Waals surface area (Å²) in [6, 6.07) is 19.5. The van der Waals surface area contributed by atoms with Crippen LogP contribution in [-0.4, -0.2) is 15.0 Å². The molecule has 0 aliphatic heterocycles. The van der Waals surface area contributed by atoms with Gasteiger partial charge in [0.05, 0.1) is 11.0 Å². The van der Waals surface area contributed by atoms with Crippen LogP contribution >= 0.6 is 0 Å². The molecule has 2 aromatic heterocycles. The van der Waals surface area contributed by atoms with Crippen molar-refractivity contribution in [3.8, 4) is 11.6 Å². The minimum atomic E-state index is 0.621. The lowest BCUT2D eigenvalue weighted by atomic mass is 10.3. The van der Waals surface area contributed by atoms with Crippen LogP contribution < -0.4 is 10.1 Å². The molecule has 0 atom stereocenters. The Balaban J connectivity index is 0.00000109. The smallest absolute Gasteiger partial charge is 0.222 e. The third-order valence-corrected chi connectivity index (χ3v) is 3.68. The van der Waals surface area contributed by atoms with E-state index in [2.05, 4.69) is 20.3 Å². The zero-order chi connectivity index (χ0) is 24.4. The molecule has 0 aliphatic carbocycles. The Hall–Kier alpha value is -3.34. The van der Waals surface area contributed by atoms with Gasteiger partial charge in [0.1, 0.15) is 5.75 Å². The summed E-state index contributed by atoms with van der Waals surface area (Å²) in [6.07, 6.45) is 1.72. The fraction of sp³-hybridized carbons (Fsp3) is 0.333. The molecule has 5 nitrogen and oxygen atoms in total. The normalized spacial score (nSPS) is 8.78. The Morgan fingerprint density at radius 3 is 1.97 bits per heavy atom. The number of para-hydroxylation sites is 2. The molecule has 0 amide bonds. The van der Waals surface area contributed by atoms with E-state index in [0.717, 1.165) is 28.0 Å². The Kier molecular flexibility index (Phi) is 15.5. The fourth-order valence-electron chi connectivity index (χ4n) is 2.44. The molecule has 174 valence electrons. The van der Waals surface area contributed by atoms with Crippen LogP contribution in [0.15, 0.2) is 66.9 Å². The van der Waals surface area contributed by atoms with Gasteiger partial charge in [-0.15, -0.1) is 0 Å². The summed E-state index contributed by atoms with van der Waals surface area (Å²) >= 11 is 0. The van der Waals surface area contributed by atoms with Crippen molar-refractivity contribution in [3.63, 3.8) is 0 Å². The summed E-state index contributed by atoms with van der Waals surface area (Å²) in [7, 11) is 0. The molecule has 0 fully saturated rings. The highest BCUT2D eigenvalue weighted by Crippen LogP contribution is 2.25. The number of aromatic amines is 1. The molecule has 0 unspecified atom stereocenters. The zero-order valence-electron chi connectivity index (χ0n) is 21.2. The largest absolute Gasteiger partial charge is 0.439 e. The van der Waals surface area contributed by atoms with Gasteiger partial charge < -0.3 is 15.0 Å². The van der Waals surface area contributed by atoms with Gasteiger partial charge in [0.25, 0.3) is 0 Å². The molecule has 5 heteroatoms. The Bertz CT molecular complexity index is 945. The van der Waals surface area contributed by atoms with Gasteiger partial charge in [-0.25, -0.2) is 9.97 Å². The quantitative estimate of drug-likeness (QED) is 0.335. The average Bonchev–Trinajstić information content (AvgIpc) is 3.29. The van der Waals surface area contributed by atoms with Crippen molar-refractivity contribution in [2.75, 3.05) is 5.32 Å². The lowest BCUT2D eigenvalue weighted by molar-refractivity contribution is 0.459. The number of anilines is 2. The van der Waals surface area contributed by atoms with Crippen LogP contribution in [0.1, 0.15) is 61.0 Å². The topological polar surface area (TPSA) is 62.8 Å². The molecule has 0 saturated carbocycles. The van der Waals surface area contributed by atoms with Gasteiger partial charge in [0.15, 0.2) is 0 Å². The summed E-state index contributed by atoms with van der Waals surface area (Å²) in [4.78, 5) is 12.0. The van der Waals surface area contributed by atoms with Gasteiger partial charge in [0, 0.05) is 17.4 Å². The fourth-order valence-corrected chi connectivity index (χ4v) is 2.44. The van der Waals surface area contributed by atoms with Crippen molar-refractivity contribution >= 4 is 22.7 Å². The number of hydrogen-bond acceptors (Lipinski definition) is 4. The molecule has 2 aromatic carbocycles. The van der Waals surface area contributed by atoms with Crippen molar-refractivity contribution in [2.24, 2.45) is 0 Å². The van der Waals surface area contributed by atoms with Gasteiger partial charge >= 0.3 is 0 Å². The van der Waals surface area contributed by atoms with Crippen LogP contribution in [0.4, 0.5) is 11.6 Å². The van der Waals surface area contributed by atoms with Crippen molar-refractivity contribution in [1.29, 1.82) is 0 Å². The predicted octanol–water partition coefficient (Wildman–Crippen LogP) is 8.91. The lowest BCUT2D eigenvalue weighted by Gasteiger charge is -2.08. The minimum Gasteiger partial charge on any atom is -0.439 e. The minimum absolute atomic E-state index is 0.621. The number of fused-ring (bicyclic) bond motifs is 1. The number of ether oxygens (including phenoxy) is 1. The first-order valence-corrected chi connectivity index (χ1v) is 11.7. The van der Waals surface area contributed by atoms with Crippen LogP contribution in [-0.2, 0) is 0 Å². The molecule has 4 rings (SSSR count). The highest BCUT2D eigenvalue weighted by Gasteiger charge is 2.04. The van der Waals surface area contributed by atoms with Crippen molar-refractivity contribution in [2.45, 2.75) is 62.3 Å². The van der Waals surface area contributed by atoms with E-state index >= 15 is 0 Å². The Morgan fingerprint density at radius 2 is 1.38 bits per heavy atom. The van der Waals surface area contributed by atoms with E-state index in [0.29, 0.717) is 11.8 Å². The summed E-state index contributed by atoms with van der Waals surface area (Å²) in [5, 5.41) is 3.26. The molecule has 0 spiro atoms. The summed E-state index contributed by atoms with van der Waals surface area (Å²) in [5.41, 5.74) is 3.87. The number of imidazole rings is 1. The maximum Gasteiger partial charge on any atom is 0.222 e. The number of aryl methyl sites for hydroxylation is 1. The monoisotopic (exact) mass is 436 g/mol. The SMILES string of the molecule is CC.CC.CC.CC.Cc1cccnc1Oc1ccc(Nc2nc3ccccc3[nH]2)cc1. The van der Waals surface area contributed by atoms with Crippen LogP contribution in [0.5, 0.6) is 11.6 Å². The van der Waals surface area contributed by atoms with E-state index in [9.17, 15) is 0 Å². The second-order valence-electron chi connectivity index (χ2n) is 5.48. The van der Waals surface area contributed by atoms with Crippen LogP contribution in [0, 0.1) is 6.92 Å². The first-order chi connectivity index (χ1) is 15.8. The maximum atomic E-state index is 5.80. The van der Waals surface area contributed by atoms with E-state index < -0.39 is 0 Å². The van der Waals surface area contributed by atoms with E-state index in [4.69, 9.17) is 4.74 Å². The van der Waals surface area contributed by atoms with Crippen molar-refractivity contribution < 1.29 is 4.74 Å². The van der Waals surface area contributed by atoms with Gasteiger partial charge in [-0.05, 0) is 49.4 Å². The average molecular weight is 437 g/mol. The van der Waals surface area contributed by atoms with Crippen LogP contribution in [0.25, 0.3) is 11.0 Å². The molecule has 2 heterocycles. The second-order valence-corrected chi connectivity index (χ2v) is 5.48. The molecule has 0 bridgehead atoms. The number of nitrogens with zero attached hydrogens (tertiary/aromatic N) is 2. The maximum absolute atomic E-state index is 5.80. The van der Waals surface area contributed by atoms with Crippen molar-refractivity contribution in [1.82, 2.24) is 15.0 Å². The lowest BCUT2D eigenvalue weighted by Crippen LogP contribution is -1.93. The summed E-state index contributed by atoms with van der Waals surface area (Å²) < 4.78 is 5.80. The van der Waals surface area contributed by atoms with Crippen molar-refractivity contribution in [3.05, 3.63) is 72.4 Å². The molecule has 2 N–H and O–H groups in total. The third kappa shape index (κ3) is 8.80. The molecular formula is C27H40N4O. The van der Waals surface area contributed by atoms with Crippen LogP contribution in [0.2, 0.25) is 0 Å². The van der Waals surface area contributed by atoms with E-state index in [1.54, 1.807) is 6.20 Å². The van der Waals surface area contributed by atoms with Gasteiger partial charge in [-0.1, -0.05) is 73.6 Å². The number of benzene rings is 2. The van der Waals surface area contributed by atoms with E-state index in [-0.39, 0.29) is 0 Å². The van der Waals surface area contributed by atoms with E-state index in [1.165, 1.54) is 0 Å². The molecule has 32 heavy (non-hydrogen) atoms.